The van der Waals surface area contributed by atoms with E-state index in [0.29, 0.717) is 12.1 Å². The van der Waals surface area contributed by atoms with Gasteiger partial charge in [0.15, 0.2) is 0 Å². The van der Waals surface area contributed by atoms with Gasteiger partial charge in [0.25, 0.3) is 5.91 Å². The van der Waals surface area contributed by atoms with Crippen LogP contribution in [0, 0.1) is 6.92 Å². The lowest BCUT2D eigenvalue weighted by molar-refractivity contribution is 0.0792. The van der Waals surface area contributed by atoms with E-state index in [0.717, 1.165) is 34.0 Å². The van der Waals surface area contributed by atoms with E-state index in [-0.39, 0.29) is 36.8 Å². The predicted molar refractivity (Wildman–Crippen MR) is 97.2 cm³/mol. The van der Waals surface area contributed by atoms with Gasteiger partial charge in [0.1, 0.15) is 0 Å². The number of halogens is 3. The molecule has 2 heterocycles. The monoisotopic (exact) mass is 405 g/mol. The third kappa shape index (κ3) is 3.71. The lowest BCUT2D eigenvalue weighted by Gasteiger charge is -2.17. The van der Waals surface area contributed by atoms with Crippen LogP contribution in [0.1, 0.15) is 22.5 Å². The van der Waals surface area contributed by atoms with Gasteiger partial charge in [-0.3, -0.25) is 9.78 Å². The van der Waals surface area contributed by atoms with Gasteiger partial charge in [-0.2, -0.15) is 0 Å². The Balaban J connectivity index is 0.00000121. The van der Waals surface area contributed by atoms with Crippen molar-refractivity contribution in [2.45, 2.75) is 19.4 Å². The first-order valence-corrected chi connectivity index (χ1v) is 7.45. The molecule has 4 nitrogen and oxygen atoms in total. The summed E-state index contributed by atoms with van der Waals surface area (Å²) < 4.78 is 0.947. The van der Waals surface area contributed by atoms with Crippen molar-refractivity contribution < 1.29 is 4.79 Å². The Hall–Kier alpha value is -0.880. The maximum absolute atomic E-state index is 12.7. The number of aromatic nitrogens is 1. The summed E-state index contributed by atoms with van der Waals surface area (Å²) in [6.45, 7) is 3.28. The maximum Gasteiger partial charge on any atom is 0.254 e. The number of fused-ring (bicyclic) bond motifs is 1. The Morgan fingerprint density at radius 1 is 1.36 bits per heavy atom. The van der Waals surface area contributed by atoms with Gasteiger partial charge in [-0.05, 0) is 37.6 Å². The zero-order valence-corrected chi connectivity index (χ0v) is 15.3. The Labute approximate surface area is 150 Å². The minimum atomic E-state index is 0. The van der Waals surface area contributed by atoms with Crippen molar-refractivity contribution in [2.24, 2.45) is 5.73 Å². The van der Waals surface area contributed by atoms with Crippen LogP contribution < -0.4 is 5.73 Å². The molecule has 0 saturated carbocycles. The van der Waals surface area contributed by atoms with Crippen LogP contribution in [0.2, 0.25) is 0 Å². The van der Waals surface area contributed by atoms with Crippen molar-refractivity contribution in [3.8, 4) is 0 Å². The molecule has 1 amide bonds. The Kier molecular flexibility index (Phi) is 6.62. The van der Waals surface area contributed by atoms with Crippen LogP contribution in [-0.2, 0) is 0 Å². The molecule has 2 aromatic rings. The third-order valence-electron chi connectivity index (χ3n) is 3.64. The van der Waals surface area contributed by atoms with Gasteiger partial charge in [-0.15, -0.1) is 24.8 Å². The highest BCUT2D eigenvalue weighted by Crippen LogP contribution is 2.25. The molecule has 22 heavy (non-hydrogen) atoms. The largest absolute Gasteiger partial charge is 0.337 e. The van der Waals surface area contributed by atoms with Crippen LogP contribution >= 0.6 is 40.7 Å². The number of amides is 1. The number of nitrogens with two attached hydrogens (primary N) is 1. The van der Waals surface area contributed by atoms with E-state index in [9.17, 15) is 4.79 Å². The highest BCUT2D eigenvalue weighted by Gasteiger charge is 2.26. The van der Waals surface area contributed by atoms with Crippen molar-refractivity contribution in [2.75, 3.05) is 13.1 Å². The lowest BCUT2D eigenvalue weighted by Crippen LogP contribution is -2.32. The van der Waals surface area contributed by atoms with Gasteiger partial charge in [0.2, 0.25) is 0 Å². The summed E-state index contributed by atoms with van der Waals surface area (Å²) in [6.07, 6.45) is 0.872. The van der Waals surface area contributed by atoms with Crippen molar-refractivity contribution in [1.82, 2.24) is 9.88 Å². The maximum atomic E-state index is 12.7. The molecule has 1 fully saturated rings. The quantitative estimate of drug-likeness (QED) is 0.790. The smallest absolute Gasteiger partial charge is 0.254 e. The number of hydrogen-bond donors (Lipinski definition) is 1. The first-order valence-electron chi connectivity index (χ1n) is 6.66. The number of aryl methyl sites for hydroxylation is 1. The number of rotatable bonds is 1. The van der Waals surface area contributed by atoms with Crippen LogP contribution in [0.4, 0.5) is 0 Å². The Bertz CT molecular complexity index is 696. The normalized spacial score (nSPS) is 17.0. The molecule has 1 aliphatic heterocycles. The van der Waals surface area contributed by atoms with Gasteiger partial charge in [-0.1, -0.05) is 15.9 Å². The van der Waals surface area contributed by atoms with E-state index in [1.165, 1.54) is 0 Å². The average molecular weight is 407 g/mol. The van der Waals surface area contributed by atoms with Crippen molar-refractivity contribution in [3.05, 3.63) is 40.0 Å². The van der Waals surface area contributed by atoms with Crippen molar-refractivity contribution >= 4 is 57.6 Å². The summed E-state index contributed by atoms with van der Waals surface area (Å²) in [6, 6.07) is 7.78. The van der Waals surface area contributed by atoms with Gasteiger partial charge < -0.3 is 10.6 Å². The summed E-state index contributed by atoms with van der Waals surface area (Å²) in [5, 5.41) is 0.885. The van der Waals surface area contributed by atoms with Crippen LogP contribution in [0.5, 0.6) is 0 Å². The zero-order chi connectivity index (χ0) is 14.3. The second kappa shape index (κ2) is 7.59. The van der Waals surface area contributed by atoms with E-state index in [2.05, 4.69) is 20.9 Å². The van der Waals surface area contributed by atoms with Crippen molar-refractivity contribution in [3.63, 3.8) is 0 Å². The molecular formula is C15H18BrCl2N3O. The van der Waals surface area contributed by atoms with E-state index >= 15 is 0 Å². The minimum Gasteiger partial charge on any atom is -0.337 e. The SMILES string of the molecule is Cc1cc(C(=O)N2CC[C@@H](N)C2)c2cc(Br)ccc2n1.Cl.Cl. The lowest BCUT2D eigenvalue weighted by atomic mass is 10.1. The fourth-order valence-corrected chi connectivity index (χ4v) is 3.01. The van der Waals surface area contributed by atoms with Gasteiger partial charge in [0.05, 0.1) is 11.1 Å². The van der Waals surface area contributed by atoms with E-state index in [1.807, 2.05) is 36.1 Å². The molecule has 0 spiro atoms. The second-order valence-electron chi connectivity index (χ2n) is 5.27. The number of carbonyl (C=O) groups excluding carboxylic acids is 1. The van der Waals surface area contributed by atoms with E-state index < -0.39 is 0 Å². The first-order chi connectivity index (χ1) is 9.54. The summed E-state index contributed by atoms with van der Waals surface area (Å²) in [5.41, 5.74) is 8.31. The number of pyridine rings is 1. The molecule has 120 valence electrons. The van der Waals surface area contributed by atoms with Gasteiger partial charge in [-0.25, -0.2) is 0 Å². The number of nitrogens with zero attached hydrogens (tertiary/aromatic N) is 2. The molecule has 1 saturated heterocycles. The molecule has 0 bridgehead atoms. The van der Waals surface area contributed by atoms with Crippen molar-refractivity contribution in [1.29, 1.82) is 0 Å². The molecule has 1 atom stereocenters. The summed E-state index contributed by atoms with van der Waals surface area (Å²) in [4.78, 5) is 19.0. The first kappa shape index (κ1) is 19.2. The van der Waals surface area contributed by atoms with E-state index in [1.54, 1.807) is 0 Å². The molecule has 1 aromatic heterocycles. The van der Waals surface area contributed by atoms with Crippen LogP contribution in [-0.4, -0.2) is 34.9 Å². The molecule has 0 aliphatic carbocycles. The summed E-state index contributed by atoms with van der Waals surface area (Å²) in [5.74, 6) is 0.0477. The standard InChI is InChI=1S/C15H16BrN3O.2ClH/c1-9-6-13(15(20)19-5-4-11(17)8-19)12-7-10(16)2-3-14(12)18-9;;/h2-3,6-7,11H,4-5,8,17H2,1H3;2*1H/t11-;;/m1../s1. The molecule has 0 unspecified atom stereocenters. The molecular weight excluding hydrogens is 389 g/mol. The third-order valence-corrected chi connectivity index (χ3v) is 4.13. The molecule has 3 rings (SSSR count). The van der Waals surface area contributed by atoms with Crippen LogP contribution in [0.3, 0.4) is 0 Å². The molecule has 1 aliphatic rings. The molecule has 1 aromatic carbocycles. The number of benzene rings is 1. The number of likely N-dealkylation sites (tertiary alicyclic amines) is 1. The molecule has 2 N–H and O–H groups in total. The summed E-state index contributed by atoms with van der Waals surface area (Å²) in [7, 11) is 0. The number of hydrogen-bond acceptors (Lipinski definition) is 3. The average Bonchev–Trinajstić information content (AvgIpc) is 2.84. The molecule has 7 heteroatoms. The summed E-state index contributed by atoms with van der Waals surface area (Å²) >= 11 is 3.45. The minimum absolute atomic E-state index is 0. The highest BCUT2D eigenvalue weighted by atomic mass is 79.9. The Morgan fingerprint density at radius 3 is 2.73 bits per heavy atom. The van der Waals surface area contributed by atoms with Gasteiger partial charge >= 0.3 is 0 Å². The topological polar surface area (TPSA) is 59.2 Å². The molecule has 0 radical (unpaired) electrons. The fraction of sp³-hybridized carbons (Fsp3) is 0.333. The van der Waals surface area contributed by atoms with Gasteiger partial charge in [0, 0.05) is 34.7 Å². The predicted octanol–water partition coefficient (Wildman–Crippen LogP) is 3.32. The second-order valence-corrected chi connectivity index (χ2v) is 6.19. The van der Waals surface area contributed by atoms with Crippen LogP contribution in [0.15, 0.2) is 28.7 Å². The zero-order valence-electron chi connectivity index (χ0n) is 12.1. The van der Waals surface area contributed by atoms with Crippen LogP contribution in [0.25, 0.3) is 10.9 Å². The highest BCUT2D eigenvalue weighted by molar-refractivity contribution is 9.10. The van der Waals surface area contributed by atoms with E-state index in [4.69, 9.17) is 5.73 Å². The fourth-order valence-electron chi connectivity index (χ4n) is 2.65. The Morgan fingerprint density at radius 2 is 2.09 bits per heavy atom. The number of carbonyl (C=O) groups is 1.